The SMILES string of the molecule is CCn1nc(C)cc1C(=O)Nc1nc2cc(C(N)=O)cc(OC)c2n1C/C=C/CN.Cl.Cl. The van der Waals surface area contributed by atoms with Crippen LogP contribution in [0.3, 0.4) is 0 Å². The van der Waals surface area contributed by atoms with Crippen molar-refractivity contribution in [3.63, 3.8) is 0 Å². The van der Waals surface area contributed by atoms with Crippen LogP contribution < -0.4 is 21.5 Å². The number of hydrogen-bond donors (Lipinski definition) is 3. The summed E-state index contributed by atoms with van der Waals surface area (Å²) in [6, 6.07) is 4.84. The van der Waals surface area contributed by atoms with E-state index in [1.54, 1.807) is 33.5 Å². The van der Waals surface area contributed by atoms with Crippen LogP contribution in [0.15, 0.2) is 30.4 Å². The first-order valence-corrected chi connectivity index (χ1v) is 9.48. The number of benzene rings is 1. The maximum Gasteiger partial charge on any atom is 0.276 e. The number of nitrogens with zero attached hydrogens (tertiary/aromatic N) is 4. The van der Waals surface area contributed by atoms with Gasteiger partial charge in [-0.2, -0.15) is 5.10 Å². The molecule has 3 aromatic rings. The fraction of sp³-hybridized carbons (Fsp3) is 0.300. The molecule has 2 aromatic heterocycles. The van der Waals surface area contributed by atoms with Crippen molar-refractivity contribution < 1.29 is 14.3 Å². The number of aryl methyl sites for hydroxylation is 2. The van der Waals surface area contributed by atoms with E-state index >= 15 is 0 Å². The van der Waals surface area contributed by atoms with E-state index in [2.05, 4.69) is 15.4 Å². The molecule has 0 aliphatic rings. The van der Waals surface area contributed by atoms with Gasteiger partial charge in [0.1, 0.15) is 17.0 Å². The molecule has 174 valence electrons. The molecule has 0 radical (unpaired) electrons. The third-order valence-corrected chi connectivity index (χ3v) is 4.56. The largest absolute Gasteiger partial charge is 0.494 e. The maximum atomic E-state index is 12.9. The number of carbonyl (C=O) groups is 2. The highest BCUT2D eigenvalue weighted by Crippen LogP contribution is 2.31. The summed E-state index contributed by atoms with van der Waals surface area (Å²) in [6.45, 7) is 5.06. The number of primary amides is 1. The molecule has 10 nitrogen and oxygen atoms in total. The van der Waals surface area contributed by atoms with E-state index in [1.807, 2.05) is 19.9 Å². The van der Waals surface area contributed by atoms with Crippen molar-refractivity contribution in [2.45, 2.75) is 26.9 Å². The monoisotopic (exact) mass is 483 g/mol. The highest BCUT2D eigenvalue weighted by molar-refractivity contribution is 6.04. The Hall–Kier alpha value is -3.08. The summed E-state index contributed by atoms with van der Waals surface area (Å²) in [5.41, 5.74) is 13.5. The van der Waals surface area contributed by atoms with Gasteiger partial charge in [-0.05, 0) is 32.0 Å². The van der Waals surface area contributed by atoms with Crippen molar-refractivity contribution >= 4 is 53.6 Å². The lowest BCUT2D eigenvalue weighted by atomic mass is 10.1. The number of carbonyl (C=O) groups excluding carboxylic acids is 2. The average Bonchev–Trinajstić information content (AvgIpc) is 3.27. The normalized spacial score (nSPS) is 10.6. The standard InChI is InChI=1S/C20H25N7O3.2ClH/c1-4-27-15(9-12(2)25-27)19(29)24-20-23-14-10-13(18(22)28)11-16(30-3)17(14)26(20)8-6-5-7-21;;/h5-6,9-11H,4,7-8,21H2,1-3H3,(H2,22,28)(H,23,24,29);2*1H/b6-5+;;. The molecule has 0 atom stereocenters. The van der Waals surface area contributed by atoms with Crippen LogP contribution in [0.5, 0.6) is 5.75 Å². The van der Waals surface area contributed by atoms with Gasteiger partial charge in [0.05, 0.1) is 18.3 Å². The van der Waals surface area contributed by atoms with Gasteiger partial charge in [-0.25, -0.2) is 4.98 Å². The number of halogens is 2. The van der Waals surface area contributed by atoms with Crippen LogP contribution in [-0.4, -0.2) is 44.8 Å². The highest BCUT2D eigenvalue weighted by atomic mass is 35.5. The molecule has 0 aliphatic carbocycles. The molecular formula is C20H27Cl2N7O3. The fourth-order valence-corrected chi connectivity index (χ4v) is 3.21. The zero-order valence-corrected chi connectivity index (χ0v) is 19.6. The lowest BCUT2D eigenvalue weighted by Crippen LogP contribution is -2.20. The van der Waals surface area contributed by atoms with Crippen molar-refractivity contribution in [1.29, 1.82) is 0 Å². The Kier molecular flexibility index (Phi) is 9.70. The molecule has 2 heterocycles. The molecule has 0 fully saturated rings. The second kappa shape index (κ2) is 11.5. The summed E-state index contributed by atoms with van der Waals surface area (Å²) in [6.07, 6.45) is 3.66. The van der Waals surface area contributed by atoms with E-state index in [9.17, 15) is 9.59 Å². The molecule has 0 aliphatic heterocycles. The number of nitrogens with one attached hydrogen (secondary N) is 1. The van der Waals surface area contributed by atoms with Crippen molar-refractivity contribution in [1.82, 2.24) is 19.3 Å². The van der Waals surface area contributed by atoms with E-state index in [1.165, 1.54) is 7.11 Å². The maximum absolute atomic E-state index is 12.9. The zero-order chi connectivity index (χ0) is 21.8. The van der Waals surface area contributed by atoms with Crippen molar-refractivity contribution in [3.05, 3.63) is 47.3 Å². The molecule has 12 heteroatoms. The summed E-state index contributed by atoms with van der Waals surface area (Å²) in [4.78, 5) is 29.1. The number of imidazole rings is 1. The minimum Gasteiger partial charge on any atom is -0.494 e. The highest BCUT2D eigenvalue weighted by Gasteiger charge is 2.21. The number of fused-ring (bicyclic) bond motifs is 1. The second-order valence-electron chi connectivity index (χ2n) is 6.60. The van der Waals surface area contributed by atoms with Crippen LogP contribution >= 0.6 is 24.8 Å². The number of ether oxygens (including phenoxy) is 1. The van der Waals surface area contributed by atoms with E-state index in [0.29, 0.717) is 48.1 Å². The van der Waals surface area contributed by atoms with Gasteiger partial charge in [0, 0.05) is 25.2 Å². The quantitative estimate of drug-likeness (QED) is 0.419. The minimum absolute atomic E-state index is 0. The molecule has 0 spiro atoms. The molecule has 0 saturated heterocycles. The number of nitrogens with two attached hydrogens (primary N) is 2. The minimum atomic E-state index is -0.597. The smallest absolute Gasteiger partial charge is 0.276 e. The molecule has 0 saturated carbocycles. The number of amides is 2. The number of allylic oxidation sites excluding steroid dienone is 1. The van der Waals surface area contributed by atoms with Crippen LogP contribution in [-0.2, 0) is 13.1 Å². The van der Waals surface area contributed by atoms with Crippen molar-refractivity contribution in [2.75, 3.05) is 19.0 Å². The average molecular weight is 484 g/mol. The lowest BCUT2D eigenvalue weighted by Gasteiger charge is -2.11. The van der Waals surface area contributed by atoms with E-state index < -0.39 is 5.91 Å². The topological polar surface area (TPSA) is 143 Å². The van der Waals surface area contributed by atoms with Crippen LogP contribution in [0, 0.1) is 6.92 Å². The number of rotatable bonds is 8. The summed E-state index contributed by atoms with van der Waals surface area (Å²) < 4.78 is 8.87. The van der Waals surface area contributed by atoms with Crippen LogP contribution in [0.2, 0.25) is 0 Å². The Morgan fingerprint density at radius 3 is 2.53 bits per heavy atom. The number of methoxy groups -OCH3 is 1. The van der Waals surface area contributed by atoms with Crippen LogP contribution in [0.1, 0.15) is 33.5 Å². The van der Waals surface area contributed by atoms with Gasteiger partial charge < -0.3 is 20.8 Å². The Morgan fingerprint density at radius 2 is 1.94 bits per heavy atom. The van der Waals surface area contributed by atoms with Crippen LogP contribution in [0.4, 0.5) is 5.95 Å². The van der Waals surface area contributed by atoms with Crippen molar-refractivity contribution in [2.24, 2.45) is 11.5 Å². The molecular weight excluding hydrogens is 457 g/mol. The summed E-state index contributed by atoms with van der Waals surface area (Å²) in [5.74, 6) is -0.213. The number of hydrogen-bond acceptors (Lipinski definition) is 6. The lowest BCUT2D eigenvalue weighted by molar-refractivity contribution is 0.0995. The van der Waals surface area contributed by atoms with Gasteiger partial charge in [0.2, 0.25) is 11.9 Å². The fourth-order valence-electron chi connectivity index (χ4n) is 3.21. The summed E-state index contributed by atoms with van der Waals surface area (Å²) >= 11 is 0. The summed E-state index contributed by atoms with van der Waals surface area (Å²) in [5, 5.41) is 7.15. The Labute approximate surface area is 197 Å². The molecule has 0 unspecified atom stereocenters. The number of anilines is 1. The third-order valence-electron chi connectivity index (χ3n) is 4.56. The van der Waals surface area contributed by atoms with Gasteiger partial charge in [0.15, 0.2) is 0 Å². The van der Waals surface area contributed by atoms with Gasteiger partial charge in [-0.1, -0.05) is 12.2 Å². The van der Waals surface area contributed by atoms with E-state index in [0.717, 1.165) is 5.69 Å². The Balaban J connectivity index is 0.00000256. The predicted molar refractivity (Wildman–Crippen MR) is 128 cm³/mol. The number of aromatic nitrogens is 4. The molecule has 5 N–H and O–H groups in total. The van der Waals surface area contributed by atoms with Gasteiger partial charge in [-0.3, -0.25) is 19.6 Å². The van der Waals surface area contributed by atoms with Gasteiger partial charge >= 0.3 is 0 Å². The predicted octanol–water partition coefficient (Wildman–Crippen LogP) is 2.28. The first kappa shape index (κ1) is 27.0. The van der Waals surface area contributed by atoms with Gasteiger partial charge in [0.25, 0.3) is 5.91 Å². The van der Waals surface area contributed by atoms with Gasteiger partial charge in [-0.15, -0.1) is 24.8 Å². The van der Waals surface area contributed by atoms with E-state index in [4.69, 9.17) is 16.2 Å². The Morgan fingerprint density at radius 1 is 1.22 bits per heavy atom. The third kappa shape index (κ3) is 5.39. The first-order chi connectivity index (χ1) is 14.4. The van der Waals surface area contributed by atoms with Crippen molar-refractivity contribution in [3.8, 4) is 5.75 Å². The second-order valence-corrected chi connectivity index (χ2v) is 6.60. The molecule has 2 amide bonds. The summed E-state index contributed by atoms with van der Waals surface area (Å²) in [7, 11) is 1.49. The molecule has 1 aromatic carbocycles. The molecule has 0 bridgehead atoms. The molecule has 32 heavy (non-hydrogen) atoms. The Bertz CT molecular complexity index is 1140. The zero-order valence-electron chi connectivity index (χ0n) is 18.0. The van der Waals surface area contributed by atoms with Crippen LogP contribution in [0.25, 0.3) is 11.0 Å². The van der Waals surface area contributed by atoms with E-state index in [-0.39, 0.29) is 36.3 Å². The molecule has 3 rings (SSSR count). The first-order valence-electron chi connectivity index (χ1n) is 9.48.